The van der Waals surface area contributed by atoms with Gasteiger partial charge >= 0.3 is 15.6 Å². The molecule has 0 fully saturated rings. The monoisotopic (exact) mass is 306 g/mol. The van der Waals surface area contributed by atoms with Gasteiger partial charge in [-0.2, -0.15) is 21.6 Å². The second-order valence-electron chi connectivity index (χ2n) is 3.87. The zero-order valence-electron chi connectivity index (χ0n) is 10.1. The first kappa shape index (κ1) is 14.4. The highest BCUT2D eigenvalue weighted by molar-refractivity contribution is 7.87. The Morgan fingerprint density at radius 2 is 1.80 bits per heavy atom. The number of aromatic nitrogens is 2. The Balaban J connectivity index is 2.24. The van der Waals surface area contributed by atoms with Gasteiger partial charge in [-0.1, -0.05) is 0 Å². The smallest absolute Gasteiger partial charge is 0.376 e. The van der Waals surface area contributed by atoms with Crippen LogP contribution in [0.2, 0.25) is 0 Å². The van der Waals surface area contributed by atoms with Crippen molar-refractivity contribution in [3.05, 3.63) is 36.7 Å². The summed E-state index contributed by atoms with van der Waals surface area (Å²) in [4.78, 5) is 4.05. The molecule has 20 heavy (non-hydrogen) atoms. The summed E-state index contributed by atoms with van der Waals surface area (Å²) in [5.74, 6) is 0.176. The van der Waals surface area contributed by atoms with Crippen LogP contribution in [0.15, 0.2) is 36.7 Å². The Kier molecular flexibility index (Phi) is 3.46. The van der Waals surface area contributed by atoms with E-state index < -0.39 is 21.4 Å². The molecule has 0 bridgehead atoms. The van der Waals surface area contributed by atoms with Crippen LogP contribution < -0.4 is 4.18 Å². The lowest BCUT2D eigenvalue weighted by Crippen LogP contribution is -2.28. The normalized spacial score (nSPS) is 12.4. The van der Waals surface area contributed by atoms with Crippen LogP contribution in [0.3, 0.4) is 0 Å². The number of alkyl halides is 3. The summed E-state index contributed by atoms with van der Waals surface area (Å²) in [6.45, 7) is 0. The Bertz CT molecular complexity index is 705. The van der Waals surface area contributed by atoms with E-state index in [-0.39, 0.29) is 0 Å². The predicted molar refractivity (Wildman–Crippen MR) is 64.2 cm³/mol. The maximum absolute atomic E-state index is 12.1. The maximum Gasteiger partial charge on any atom is 0.534 e. The predicted octanol–water partition coefficient (Wildman–Crippen LogP) is 2.32. The number of benzene rings is 1. The average Bonchev–Trinajstić information content (AvgIpc) is 2.74. The molecule has 0 atom stereocenters. The van der Waals surface area contributed by atoms with Crippen LogP contribution in [0.4, 0.5) is 13.2 Å². The van der Waals surface area contributed by atoms with E-state index in [1.165, 1.54) is 12.1 Å². The van der Waals surface area contributed by atoms with E-state index in [2.05, 4.69) is 9.17 Å². The van der Waals surface area contributed by atoms with Crippen LogP contribution in [0.25, 0.3) is 11.4 Å². The lowest BCUT2D eigenvalue weighted by molar-refractivity contribution is -0.0500. The third-order valence-corrected chi connectivity index (χ3v) is 3.40. The zero-order valence-corrected chi connectivity index (χ0v) is 10.9. The highest BCUT2D eigenvalue weighted by Crippen LogP contribution is 2.28. The van der Waals surface area contributed by atoms with Gasteiger partial charge in [-0.3, -0.25) is 0 Å². The van der Waals surface area contributed by atoms with Crippen LogP contribution in [0, 0.1) is 0 Å². The van der Waals surface area contributed by atoms with Crippen molar-refractivity contribution in [2.24, 2.45) is 7.05 Å². The molecular formula is C11H9F3N2O3S. The third-order valence-electron chi connectivity index (χ3n) is 2.42. The molecule has 5 nitrogen and oxygen atoms in total. The van der Waals surface area contributed by atoms with Gasteiger partial charge < -0.3 is 8.75 Å². The number of halogens is 3. The second-order valence-corrected chi connectivity index (χ2v) is 5.41. The van der Waals surface area contributed by atoms with Crippen LogP contribution in [0.5, 0.6) is 5.75 Å². The van der Waals surface area contributed by atoms with Crippen molar-refractivity contribution in [2.75, 3.05) is 0 Å². The van der Waals surface area contributed by atoms with Crippen molar-refractivity contribution in [1.29, 1.82) is 0 Å². The van der Waals surface area contributed by atoms with Crippen LogP contribution in [-0.2, 0) is 17.2 Å². The fraction of sp³-hybridized carbons (Fsp3) is 0.182. The molecule has 2 aromatic rings. The van der Waals surface area contributed by atoms with Crippen molar-refractivity contribution < 1.29 is 25.8 Å². The van der Waals surface area contributed by atoms with Crippen LogP contribution in [-0.4, -0.2) is 23.5 Å². The van der Waals surface area contributed by atoms with Crippen molar-refractivity contribution in [3.8, 4) is 17.1 Å². The Labute approximate surface area is 112 Å². The Hall–Kier alpha value is -2.03. The zero-order chi connectivity index (χ0) is 15.0. The standard InChI is InChI=1S/C11H9F3N2O3S/c1-16-7-6-15-10(16)8-2-4-9(5-3-8)19-20(17,18)11(12,13)14/h2-7H,1H3. The lowest BCUT2D eigenvalue weighted by atomic mass is 10.2. The molecular weight excluding hydrogens is 297 g/mol. The Morgan fingerprint density at radius 3 is 2.25 bits per heavy atom. The van der Waals surface area contributed by atoms with Crippen molar-refractivity contribution >= 4 is 10.1 Å². The van der Waals surface area contributed by atoms with E-state index in [9.17, 15) is 21.6 Å². The van der Waals surface area contributed by atoms with E-state index in [0.717, 1.165) is 12.1 Å². The highest BCUT2D eigenvalue weighted by atomic mass is 32.2. The van der Waals surface area contributed by atoms with Gasteiger partial charge in [0.25, 0.3) is 0 Å². The molecule has 108 valence electrons. The first-order chi connectivity index (χ1) is 9.21. The van der Waals surface area contributed by atoms with Crippen LogP contribution in [0.1, 0.15) is 0 Å². The summed E-state index contributed by atoms with van der Waals surface area (Å²) in [6, 6.07) is 5.10. The minimum absolute atomic E-state index is 0.416. The molecule has 2 rings (SSSR count). The molecule has 0 unspecified atom stereocenters. The molecule has 0 radical (unpaired) electrons. The van der Waals surface area contributed by atoms with E-state index in [1.807, 2.05) is 0 Å². The van der Waals surface area contributed by atoms with Crippen molar-refractivity contribution in [2.45, 2.75) is 5.51 Å². The molecule has 0 N–H and O–H groups in total. The van der Waals surface area contributed by atoms with Gasteiger partial charge in [0.1, 0.15) is 11.6 Å². The van der Waals surface area contributed by atoms with Crippen molar-refractivity contribution in [3.63, 3.8) is 0 Å². The fourth-order valence-corrected chi connectivity index (χ4v) is 1.94. The summed E-state index contributed by atoms with van der Waals surface area (Å²) in [5, 5.41) is 0. The third kappa shape index (κ3) is 2.77. The molecule has 0 aliphatic heterocycles. The SMILES string of the molecule is Cn1ccnc1-c1ccc(OS(=O)(=O)C(F)(F)F)cc1. The van der Waals surface area contributed by atoms with Gasteiger partial charge in [0.05, 0.1) is 0 Å². The molecule has 0 aliphatic carbocycles. The number of imidazole rings is 1. The van der Waals surface area contributed by atoms with Gasteiger partial charge in [0, 0.05) is 25.0 Å². The summed E-state index contributed by atoms with van der Waals surface area (Å²) in [7, 11) is -3.90. The first-order valence-electron chi connectivity index (χ1n) is 5.29. The lowest BCUT2D eigenvalue weighted by Gasteiger charge is -2.09. The number of nitrogens with zero attached hydrogens (tertiary/aromatic N) is 2. The topological polar surface area (TPSA) is 61.2 Å². The van der Waals surface area contributed by atoms with E-state index in [0.29, 0.717) is 11.4 Å². The summed E-state index contributed by atoms with van der Waals surface area (Å²) in [5.41, 5.74) is -4.83. The van der Waals surface area contributed by atoms with Gasteiger partial charge in [-0.25, -0.2) is 4.98 Å². The molecule has 9 heteroatoms. The van der Waals surface area contributed by atoms with E-state index in [4.69, 9.17) is 0 Å². The van der Waals surface area contributed by atoms with Crippen molar-refractivity contribution in [1.82, 2.24) is 9.55 Å². The number of aryl methyl sites for hydroxylation is 1. The molecule has 1 heterocycles. The fourth-order valence-electron chi connectivity index (χ4n) is 1.48. The summed E-state index contributed by atoms with van der Waals surface area (Å²) >= 11 is 0. The largest absolute Gasteiger partial charge is 0.534 e. The molecule has 0 amide bonds. The summed E-state index contributed by atoms with van der Waals surface area (Å²) < 4.78 is 63.8. The quantitative estimate of drug-likeness (QED) is 0.645. The molecule has 1 aromatic heterocycles. The molecule has 1 aromatic carbocycles. The maximum atomic E-state index is 12.1. The molecule has 0 aliphatic rings. The van der Waals surface area contributed by atoms with Gasteiger partial charge in [0.15, 0.2) is 0 Å². The average molecular weight is 306 g/mol. The minimum Gasteiger partial charge on any atom is -0.376 e. The molecule has 0 saturated carbocycles. The number of rotatable bonds is 3. The Morgan fingerprint density at radius 1 is 1.20 bits per heavy atom. The van der Waals surface area contributed by atoms with Gasteiger partial charge in [-0.15, -0.1) is 0 Å². The number of hydrogen-bond donors (Lipinski definition) is 0. The molecule has 0 saturated heterocycles. The first-order valence-corrected chi connectivity index (χ1v) is 6.70. The summed E-state index contributed by atoms with van der Waals surface area (Å²) in [6.07, 6.45) is 3.27. The van der Waals surface area contributed by atoms with E-state index in [1.54, 1.807) is 24.0 Å². The van der Waals surface area contributed by atoms with E-state index >= 15 is 0 Å². The number of hydrogen-bond acceptors (Lipinski definition) is 4. The van der Waals surface area contributed by atoms with Gasteiger partial charge in [-0.05, 0) is 24.3 Å². The second kappa shape index (κ2) is 4.82. The molecule has 0 spiro atoms. The minimum atomic E-state index is -5.65. The van der Waals surface area contributed by atoms with Gasteiger partial charge in [0.2, 0.25) is 0 Å². The highest BCUT2D eigenvalue weighted by Gasteiger charge is 2.48. The van der Waals surface area contributed by atoms with Crippen LogP contribution >= 0.6 is 0 Å².